The second-order valence-electron chi connectivity index (χ2n) is 9.84. The normalized spacial score (nSPS) is 14.2. The molecule has 38 heavy (non-hydrogen) atoms. The van der Waals surface area contributed by atoms with E-state index in [1.807, 2.05) is 48.5 Å². The van der Waals surface area contributed by atoms with Crippen molar-refractivity contribution in [2.75, 3.05) is 31.5 Å². The predicted molar refractivity (Wildman–Crippen MR) is 155 cm³/mol. The molecule has 4 aromatic rings. The molecule has 1 aromatic heterocycles. The summed E-state index contributed by atoms with van der Waals surface area (Å²) in [5, 5.41) is 14.9. The monoisotopic (exact) mass is 503 g/mol. The Hall–Kier alpha value is -4.21. The van der Waals surface area contributed by atoms with E-state index in [-0.39, 0.29) is 0 Å². The van der Waals surface area contributed by atoms with Gasteiger partial charge in [0.1, 0.15) is 6.61 Å². The molecule has 0 saturated carbocycles. The lowest BCUT2D eigenvalue weighted by molar-refractivity contribution is 0.217. The summed E-state index contributed by atoms with van der Waals surface area (Å²) in [6, 6.07) is 26.4. The third-order valence-electron chi connectivity index (χ3n) is 7.33. The maximum Gasteiger partial charge on any atom is 0.213 e. The lowest BCUT2D eigenvalue weighted by Gasteiger charge is -2.31. The highest BCUT2D eigenvalue weighted by Gasteiger charge is 2.22. The number of nitriles is 1. The number of anilines is 1. The second kappa shape index (κ2) is 11.9. The standard InChI is InChI=1S/C32H33N5O/c1-23-10-13-30(31(20-23)34-2)35-16-19-37-17-14-24(15-18-37)29-8-5-9-32(36-29)38-22-26-12-11-25(21-33)27-6-3-4-7-28(26)27/h3-13,20,24,35H,2,14-19,22H2,1H3. The molecule has 0 unspecified atom stereocenters. The van der Waals surface area contributed by atoms with Gasteiger partial charge in [-0.15, -0.1) is 0 Å². The van der Waals surface area contributed by atoms with E-state index in [2.05, 4.69) is 59.2 Å². The van der Waals surface area contributed by atoms with E-state index < -0.39 is 0 Å². The first-order chi connectivity index (χ1) is 18.6. The summed E-state index contributed by atoms with van der Waals surface area (Å²) in [4.78, 5) is 11.5. The fraction of sp³-hybridized carbons (Fsp3) is 0.281. The van der Waals surface area contributed by atoms with Gasteiger partial charge in [-0.05, 0) is 85.7 Å². The van der Waals surface area contributed by atoms with Gasteiger partial charge in [-0.1, -0.05) is 42.5 Å². The summed E-state index contributed by atoms with van der Waals surface area (Å²) >= 11 is 0. The van der Waals surface area contributed by atoms with Crippen LogP contribution in [0.4, 0.5) is 11.4 Å². The van der Waals surface area contributed by atoms with Crippen LogP contribution in [0, 0.1) is 18.3 Å². The maximum atomic E-state index is 9.42. The second-order valence-corrected chi connectivity index (χ2v) is 9.84. The Bertz CT molecular complexity index is 1470. The summed E-state index contributed by atoms with van der Waals surface area (Å²) < 4.78 is 6.12. The minimum absolute atomic E-state index is 0.415. The van der Waals surface area contributed by atoms with Crippen molar-refractivity contribution < 1.29 is 4.74 Å². The maximum absolute atomic E-state index is 9.42. The molecule has 2 heterocycles. The van der Waals surface area contributed by atoms with Gasteiger partial charge >= 0.3 is 0 Å². The van der Waals surface area contributed by atoms with Crippen molar-refractivity contribution in [3.8, 4) is 11.9 Å². The molecule has 0 radical (unpaired) electrons. The van der Waals surface area contributed by atoms with Crippen LogP contribution < -0.4 is 10.1 Å². The first-order valence-electron chi connectivity index (χ1n) is 13.2. The van der Waals surface area contributed by atoms with Gasteiger partial charge < -0.3 is 15.0 Å². The summed E-state index contributed by atoms with van der Waals surface area (Å²) in [6.45, 7) is 10.1. The van der Waals surface area contributed by atoms with E-state index in [0.29, 0.717) is 24.0 Å². The van der Waals surface area contributed by atoms with E-state index in [4.69, 9.17) is 9.72 Å². The molecule has 1 aliphatic heterocycles. The number of nitrogens with zero attached hydrogens (tertiary/aromatic N) is 4. The van der Waals surface area contributed by atoms with Gasteiger partial charge in [0.15, 0.2) is 0 Å². The van der Waals surface area contributed by atoms with Crippen LogP contribution in [0.25, 0.3) is 10.8 Å². The van der Waals surface area contributed by atoms with Gasteiger partial charge in [-0.2, -0.15) is 5.26 Å². The number of hydrogen-bond donors (Lipinski definition) is 1. The fourth-order valence-electron chi connectivity index (χ4n) is 5.20. The smallest absolute Gasteiger partial charge is 0.213 e. The number of likely N-dealkylation sites (tertiary alicyclic amines) is 1. The lowest BCUT2D eigenvalue weighted by Crippen LogP contribution is -2.36. The lowest BCUT2D eigenvalue weighted by atomic mass is 9.93. The van der Waals surface area contributed by atoms with Crippen LogP contribution in [-0.4, -0.2) is 42.8 Å². The fourth-order valence-corrected chi connectivity index (χ4v) is 5.20. The van der Waals surface area contributed by atoms with Gasteiger partial charge in [-0.3, -0.25) is 4.99 Å². The van der Waals surface area contributed by atoms with Crippen molar-refractivity contribution >= 4 is 28.9 Å². The number of benzene rings is 3. The predicted octanol–water partition coefficient (Wildman–Crippen LogP) is 6.62. The zero-order valence-corrected chi connectivity index (χ0v) is 21.9. The molecule has 6 nitrogen and oxygen atoms in total. The molecule has 3 aromatic carbocycles. The van der Waals surface area contributed by atoms with Crippen molar-refractivity contribution in [2.24, 2.45) is 4.99 Å². The Morgan fingerprint density at radius 3 is 2.66 bits per heavy atom. The number of nitrogens with one attached hydrogen (secondary N) is 1. The van der Waals surface area contributed by atoms with Crippen LogP contribution in [0.3, 0.4) is 0 Å². The minimum Gasteiger partial charge on any atom is -0.473 e. The molecule has 1 fully saturated rings. The van der Waals surface area contributed by atoms with Crippen LogP contribution in [0.1, 0.15) is 41.1 Å². The Kier molecular flexibility index (Phi) is 7.96. The molecule has 0 bridgehead atoms. The Morgan fingerprint density at radius 1 is 1.05 bits per heavy atom. The topological polar surface area (TPSA) is 73.5 Å². The molecule has 0 atom stereocenters. The summed E-state index contributed by atoms with van der Waals surface area (Å²) in [5.41, 5.74) is 5.97. The number of ether oxygens (including phenoxy) is 1. The van der Waals surface area contributed by atoms with Crippen LogP contribution in [0.2, 0.25) is 0 Å². The quantitative estimate of drug-likeness (QED) is 0.260. The molecule has 0 aliphatic carbocycles. The summed E-state index contributed by atoms with van der Waals surface area (Å²) in [7, 11) is 0. The Morgan fingerprint density at radius 2 is 1.87 bits per heavy atom. The number of fused-ring (bicyclic) bond motifs is 1. The molecule has 0 amide bonds. The number of aromatic nitrogens is 1. The highest BCUT2D eigenvalue weighted by atomic mass is 16.5. The Labute approximate surface area is 224 Å². The zero-order chi connectivity index (χ0) is 26.3. The van der Waals surface area contributed by atoms with E-state index in [1.165, 1.54) is 5.56 Å². The molecule has 0 spiro atoms. The summed E-state index contributed by atoms with van der Waals surface area (Å²) in [5.74, 6) is 1.08. The number of piperidine rings is 1. The first kappa shape index (κ1) is 25.4. The van der Waals surface area contributed by atoms with Gasteiger partial charge in [0.25, 0.3) is 0 Å². The van der Waals surface area contributed by atoms with Crippen molar-refractivity contribution in [1.82, 2.24) is 9.88 Å². The van der Waals surface area contributed by atoms with E-state index >= 15 is 0 Å². The molecule has 6 heteroatoms. The Balaban J connectivity index is 1.14. The molecule has 1 N–H and O–H groups in total. The highest BCUT2D eigenvalue weighted by molar-refractivity contribution is 5.90. The van der Waals surface area contributed by atoms with E-state index in [9.17, 15) is 5.26 Å². The first-order valence-corrected chi connectivity index (χ1v) is 13.2. The van der Waals surface area contributed by atoms with Crippen molar-refractivity contribution in [3.63, 3.8) is 0 Å². The van der Waals surface area contributed by atoms with Crippen molar-refractivity contribution in [2.45, 2.75) is 32.3 Å². The van der Waals surface area contributed by atoms with E-state index in [1.54, 1.807) is 0 Å². The van der Waals surface area contributed by atoms with Crippen molar-refractivity contribution in [3.05, 3.63) is 95.2 Å². The average molecular weight is 504 g/mol. The van der Waals surface area contributed by atoms with Gasteiger partial charge in [0.05, 0.1) is 23.0 Å². The van der Waals surface area contributed by atoms with Crippen LogP contribution >= 0.6 is 0 Å². The number of hydrogen-bond acceptors (Lipinski definition) is 6. The molecule has 192 valence electrons. The molecule has 1 aliphatic rings. The molecule has 5 rings (SSSR count). The van der Waals surface area contributed by atoms with Crippen LogP contribution in [-0.2, 0) is 6.61 Å². The van der Waals surface area contributed by atoms with E-state index in [0.717, 1.165) is 72.4 Å². The number of aliphatic imine (C=N–C) groups is 1. The third kappa shape index (κ3) is 5.85. The third-order valence-corrected chi connectivity index (χ3v) is 7.33. The van der Waals surface area contributed by atoms with Crippen molar-refractivity contribution in [1.29, 1.82) is 5.26 Å². The summed E-state index contributed by atoms with van der Waals surface area (Å²) in [6.07, 6.45) is 2.17. The molecule has 1 saturated heterocycles. The van der Waals surface area contributed by atoms with Crippen LogP contribution in [0.15, 0.2) is 77.8 Å². The highest BCUT2D eigenvalue weighted by Crippen LogP contribution is 2.29. The molecular weight excluding hydrogens is 470 g/mol. The average Bonchev–Trinajstić information content (AvgIpc) is 2.97. The number of pyridine rings is 1. The number of aryl methyl sites for hydroxylation is 1. The largest absolute Gasteiger partial charge is 0.473 e. The minimum atomic E-state index is 0.415. The van der Waals surface area contributed by atoms with Gasteiger partial charge in [0, 0.05) is 30.8 Å². The zero-order valence-electron chi connectivity index (χ0n) is 21.9. The molecular formula is C32H33N5O. The SMILES string of the molecule is C=Nc1cc(C)ccc1NCCN1CCC(c2cccc(OCc3ccc(C#N)c4ccccc34)n2)CC1. The van der Waals surface area contributed by atoms with Crippen LogP contribution in [0.5, 0.6) is 5.88 Å². The van der Waals surface area contributed by atoms with Gasteiger partial charge in [0.2, 0.25) is 5.88 Å². The van der Waals surface area contributed by atoms with Gasteiger partial charge in [-0.25, -0.2) is 4.98 Å². The number of rotatable bonds is 9.